The van der Waals surface area contributed by atoms with Crippen LogP contribution in [0.5, 0.6) is 0 Å². The lowest BCUT2D eigenvalue weighted by Gasteiger charge is -2.22. The maximum Gasteiger partial charge on any atom is 0.0791 e. The molecule has 0 saturated carbocycles. The van der Waals surface area contributed by atoms with Crippen molar-refractivity contribution in [3.05, 3.63) is 36.5 Å². The van der Waals surface area contributed by atoms with Crippen LogP contribution in [0.2, 0.25) is 0 Å². The summed E-state index contributed by atoms with van der Waals surface area (Å²) in [7, 11) is 0. The zero-order valence-corrected chi connectivity index (χ0v) is 7.44. The number of nitrogens with one attached hydrogen (secondary N) is 1. The van der Waals surface area contributed by atoms with Crippen LogP contribution in [0.25, 0.3) is 0 Å². The fourth-order valence-electron chi connectivity index (χ4n) is 1.36. The number of pyridine rings is 1. The van der Waals surface area contributed by atoms with E-state index in [9.17, 15) is 0 Å². The van der Waals surface area contributed by atoms with Gasteiger partial charge in [0.15, 0.2) is 0 Å². The number of hydrogen-bond donors (Lipinski definition) is 1. The van der Waals surface area contributed by atoms with Gasteiger partial charge < -0.3 is 10.1 Å². The number of ether oxygens (including phenoxy) is 1. The molecule has 1 radical (unpaired) electrons. The molecular weight excluding hydrogens is 164 g/mol. The molecule has 1 aliphatic heterocycles. The Morgan fingerprint density at radius 3 is 3.23 bits per heavy atom. The van der Waals surface area contributed by atoms with Crippen LogP contribution in [0.1, 0.15) is 5.69 Å². The first-order chi connectivity index (χ1) is 6.45. The Morgan fingerprint density at radius 2 is 2.54 bits per heavy atom. The fraction of sp³-hybridized carbons (Fsp3) is 0.400. The number of aromatic nitrogens is 1. The monoisotopic (exact) mass is 177 g/mol. The lowest BCUT2D eigenvalue weighted by molar-refractivity contribution is 0.0509. The highest BCUT2D eigenvalue weighted by atomic mass is 16.5. The molecule has 1 saturated heterocycles. The van der Waals surface area contributed by atoms with Crippen LogP contribution in [-0.2, 0) is 4.74 Å². The summed E-state index contributed by atoms with van der Waals surface area (Å²) >= 11 is 0. The normalized spacial score (nSPS) is 22.9. The molecule has 1 unspecified atom stereocenters. The van der Waals surface area contributed by atoms with E-state index in [0.717, 1.165) is 25.4 Å². The maximum atomic E-state index is 5.52. The minimum Gasteiger partial charge on any atom is -0.375 e. The predicted molar refractivity (Wildman–Crippen MR) is 50.2 cm³/mol. The Kier molecular flexibility index (Phi) is 2.90. The lowest BCUT2D eigenvalue weighted by atomic mass is 10.1. The number of nitrogens with zero attached hydrogens (tertiary/aromatic N) is 1. The third-order valence-electron chi connectivity index (χ3n) is 2.00. The molecule has 0 aliphatic carbocycles. The van der Waals surface area contributed by atoms with E-state index in [1.165, 1.54) is 0 Å². The minimum atomic E-state index is 0.170. The molecule has 13 heavy (non-hydrogen) atoms. The summed E-state index contributed by atoms with van der Waals surface area (Å²) in [5.41, 5.74) is 0.983. The van der Waals surface area contributed by atoms with Crippen molar-refractivity contribution in [2.24, 2.45) is 0 Å². The van der Waals surface area contributed by atoms with Crippen LogP contribution in [0.3, 0.4) is 0 Å². The molecule has 0 bridgehead atoms. The minimum absolute atomic E-state index is 0.170. The van der Waals surface area contributed by atoms with Crippen LogP contribution in [0, 0.1) is 6.42 Å². The molecule has 1 aliphatic rings. The second-order valence-electron chi connectivity index (χ2n) is 3.03. The highest BCUT2D eigenvalue weighted by Crippen LogP contribution is 2.06. The maximum absolute atomic E-state index is 5.52. The molecule has 0 amide bonds. The second kappa shape index (κ2) is 4.35. The van der Waals surface area contributed by atoms with Gasteiger partial charge in [0.1, 0.15) is 0 Å². The summed E-state index contributed by atoms with van der Waals surface area (Å²) in [6.07, 6.45) is 4.01. The average molecular weight is 177 g/mol. The molecule has 2 rings (SSSR count). The Labute approximate surface area is 78.1 Å². The van der Waals surface area contributed by atoms with E-state index in [0.29, 0.717) is 0 Å². The second-order valence-corrected chi connectivity index (χ2v) is 3.03. The van der Waals surface area contributed by atoms with Crippen LogP contribution >= 0.6 is 0 Å². The molecule has 69 valence electrons. The van der Waals surface area contributed by atoms with Crippen molar-refractivity contribution < 1.29 is 4.74 Å². The van der Waals surface area contributed by atoms with E-state index in [4.69, 9.17) is 4.74 Å². The highest BCUT2D eigenvalue weighted by Gasteiger charge is 2.14. The molecule has 1 N–H and O–H groups in total. The van der Waals surface area contributed by atoms with Crippen molar-refractivity contribution in [1.29, 1.82) is 0 Å². The van der Waals surface area contributed by atoms with E-state index in [-0.39, 0.29) is 6.10 Å². The Morgan fingerprint density at radius 1 is 1.54 bits per heavy atom. The van der Waals surface area contributed by atoms with E-state index < -0.39 is 0 Å². The zero-order chi connectivity index (χ0) is 8.93. The topological polar surface area (TPSA) is 34.2 Å². The van der Waals surface area contributed by atoms with Crippen LogP contribution in [0.4, 0.5) is 0 Å². The Hall–Kier alpha value is -0.930. The van der Waals surface area contributed by atoms with Gasteiger partial charge in [0.05, 0.1) is 12.7 Å². The van der Waals surface area contributed by atoms with Gasteiger partial charge in [-0.05, 0) is 12.1 Å². The van der Waals surface area contributed by atoms with Gasteiger partial charge in [0.2, 0.25) is 0 Å². The quantitative estimate of drug-likeness (QED) is 0.719. The van der Waals surface area contributed by atoms with E-state index in [1.807, 2.05) is 24.6 Å². The summed E-state index contributed by atoms with van der Waals surface area (Å²) < 4.78 is 5.52. The zero-order valence-electron chi connectivity index (χ0n) is 7.44. The van der Waals surface area contributed by atoms with Crippen molar-refractivity contribution in [3.63, 3.8) is 0 Å². The summed E-state index contributed by atoms with van der Waals surface area (Å²) in [5, 5.41) is 3.27. The number of morpholine rings is 1. The third-order valence-corrected chi connectivity index (χ3v) is 2.00. The Bertz CT molecular complexity index is 244. The largest absolute Gasteiger partial charge is 0.375 e. The van der Waals surface area contributed by atoms with Gasteiger partial charge in [-0.15, -0.1) is 0 Å². The molecule has 3 nitrogen and oxygen atoms in total. The Balaban J connectivity index is 1.90. The number of hydrogen-bond acceptors (Lipinski definition) is 3. The lowest BCUT2D eigenvalue weighted by Crippen LogP contribution is -2.38. The molecule has 2 heterocycles. The first-order valence-corrected chi connectivity index (χ1v) is 4.53. The van der Waals surface area contributed by atoms with Gasteiger partial charge in [-0.2, -0.15) is 0 Å². The molecule has 0 aromatic carbocycles. The summed E-state index contributed by atoms with van der Waals surface area (Å²) in [6, 6.07) is 5.88. The van der Waals surface area contributed by atoms with Crippen molar-refractivity contribution in [2.75, 3.05) is 19.7 Å². The first-order valence-electron chi connectivity index (χ1n) is 4.53. The van der Waals surface area contributed by atoms with Gasteiger partial charge >= 0.3 is 0 Å². The van der Waals surface area contributed by atoms with Crippen molar-refractivity contribution >= 4 is 0 Å². The average Bonchev–Trinajstić information content (AvgIpc) is 2.21. The van der Waals surface area contributed by atoms with Crippen LogP contribution in [0.15, 0.2) is 24.4 Å². The highest BCUT2D eigenvalue weighted by molar-refractivity contribution is 5.15. The molecule has 1 aromatic heterocycles. The van der Waals surface area contributed by atoms with Gasteiger partial charge in [-0.3, -0.25) is 4.98 Å². The molecular formula is C10H13N2O. The molecule has 0 spiro atoms. The van der Waals surface area contributed by atoms with Gasteiger partial charge in [0, 0.05) is 31.4 Å². The van der Waals surface area contributed by atoms with Crippen LogP contribution in [-0.4, -0.2) is 30.8 Å². The van der Waals surface area contributed by atoms with Gasteiger partial charge in [-0.25, -0.2) is 0 Å². The molecule has 1 aromatic rings. The van der Waals surface area contributed by atoms with Gasteiger partial charge in [-0.1, -0.05) is 6.07 Å². The van der Waals surface area contributed by atoms with Crippen molar-refractivity contribution in [2.45, 2.75) is 6.10 Å². The summed E-state index contributed by atoms with van der Waals surface area (Å²) in [5.74, 6) is 0. The molecule has 1 atom stereocenters. The van der Waals surface area contributed by atoms with Crippen molar-refractivity contribution in [1.82, 2.24) is 10.3 Å². The standard InChI is InChI=1S/C10H13N2O/c1-2-4-12-9(3-1)7-10-8-11-5-6-13-10/h1-4,7,10-11H,5-6,8H2. The third kappa shape index (κ3) is 2.50. The van der Waals surface area contributed by atoms with Gasteiger partial charge in [0.25, 0.3) is 0 Å². The van der Waals surface area contributed by atoms with E-state index in [1.54, 1.807) is 6.20 Å². The molecule has 1 fully saturated rings. The van der Waals surface area contributed by atoms with Crippen molar-refractivity contribution in [3.8, 4) is 0 Å². The first kappa shape index (κ1) is 8.66. The summed E-state index contributed by atoms with van der Waals surface area (Å²) in [4.78, 5) is 4.21. The van der Waals surface area contributed by atoms with Crippen LogP contribution < -0.4 is 5.32 Å². The summed E-state index contributed by atoms with van der Waals surface area (Å²) in [6.45, 7) is 2.62. The van der Waals surface area contributed by atoms with E-state index in [2.05, 4.69) is 10.3 Å². The molecule has 3 heteroatoms. The SMILES string of the molecule is [CH](c1ccccn1)C1CNCCO1. The smallest absolute Gasteiger partial charge is 0.0791 e. The predicted octanol–water partition coefficient (Wildman–Crippen LogP) is 0.622. The van der Waals surface area contributed by atoms with E-state index >= 15 is 0 Å². The number of rotatable bonds is 2. The fourth-order valence-corrected chi connectivity index (χ4v) is 1.36.